The summed E-state index contributed by atoms with van der Waals surface area (Å²) in [5.41, 5.74) is 0.952. The molecule has 6 nitrogen and oxygen atoms in total. The number of carboxylic acid groups (broad SMARTS) is 1. The van der Waals surface area contributed by atoms with E-state index in [1.54, 1.807) is 11.3 Å². The highest BCUT2D eigenvalue weighted by Gasteiger charge is 2.28. The molecule has 0 bridgehead atoms. The molecule has 0 amide bonds. The second kappa shape index (κ2) is 5.72. The number of carboxylic acids is 1. The summed E-state index contributed by atoms with van der Waals surface area (Å²) >= 11 is 1.59. The van der Waals surface area contributed by atoms with Crippen LogP contribution in [-0.2, 0) is 11.3 Å². The van der Waals surface area contributed by atoms with Gasteiger partial charge in [-0.25, -0.2) is 0 Å². The Labute approximate surface area is 120 Å². The van der Waals surface area contributed by atoms with Gasteiger partial charge < -0.3 is 9.63 Å². The molecule has 1 saturated heterocycles. The van der Waals surface area contributed by atoms with Crippen molar-refractivity contribution < 1.29 is 14.4 Å². The first-order valence-corrected chi connectivity index (χ1v) is 7.47. The summed E-state index contributed by atoms with van der Waals surface area (Å²) in [4.78, 5) is 17.3. The third kappa shape index (κ3) is 2.88. The molecule has 7 heteroatoms. The van der Waals surface area contributed by atoms with Crippen LogP contribution in [0.1, 0.15) is 25.2 Å². The molecule has 0 saturated carbocycles. The van der Waals surface area contributed by atoms with E-state index in [2.05, 4.69) is 15.0 Å². The number of aromatic nitrogens is 2. The van der Waals surface area contributed by atoms with E-state index in [0.29, 0.717) is 18.3 Å². The molecule has 3 heterocycles. The zero-order valence-electron chi connectivity index (χ0n) is 10.9. The molecule has 106 valence electrons. The Morgan fingerprint density at radius 3 is 3.25 bits per heavy atom. The summed E-state index contributed by atoms with van der Waals surface area (Å²) in [6.45, 7) is 1.41. The molecule has 1 aliphatic heterocycles. The topological polar surface area (TPSA) is 79.5 Å². The first kappa shape index (κ1) is 13.3. The molecule has 2 aromatic rings. The van der Waals surface area contributed by atoms with Crippen LogP contribution in [0.2, 0.25) is 0 Å². The smallest absolute Gasteiger partial charge is 0.304 e. The van der Waals surface area contributed by atoms with Crippen molar-refractivity contribution in [2.24, 2.45) is 0 Å². The number of nitrogens with zero attached hydrogens (tertiary/aromatic N) is 3. The van der Waals surface area contributed by atoms with E-state index in [1.807, 2.05) is 16.8 Å². The van der Waals surface area contributed by atoms with Crippen LogP contribution >= 0.6 is 11.3 Å². The lowest BCUT2D eigenvalue weighted by molar-refractivity contribution is -0.138. The van der Waals surface area contributed by atoms with Crippen LogP contribution < -0.4 is 0 Å². The van der Waals surface area contributed by atoms with Crippen molar-refractivity contribution in [1.82, 2.24) is 15.0 Å². The van der Waals surface area contributed by atoms with Crippen LogP contribution in [0.4, 0.5) is 0 Å². The normalized spacial score (nSPS) is 19.5. The second-order valence-electron chi connectivity index (χ2n) is 4.89. The molecule has 1 aliphatic rings. The van der Waals surface area contributed by atoms with Gasteiger partial charge in [-0.05, 0) is 30.8 Å². The predicted molar refractivity (Wildman–Crippen MR) is 73.3 cm³/mol. The molecule has 0 radical (unpaired) electrons. The lowest BCUT2D eigenvalue weighted by Crippen LogP contribution is -2.30. The maximum atomic E-state index is 10.8. The Morgan fingerprint density at radius 1 is 1.60 bits per heavy atom. The van der Waals surface area contributed by atoms with Gasteiger partial charge in [0.1, 0.15) is 0 Å². The minimum atomic E-state index is -0.758. The van der Waals surface area contributed by atoms with Gasteiger partial charge in [0.05, 0.1) is 13.0 Å². The number of thiophene rings is 1. The Bertz CT molecular complexity index is 581. The third-order valence-electron chi connectivity index (χ3n) is 3.50. The largest absolute Gasteiger partial charge is 0.481 e. The molecule has 20 heavy (non-hydrogen) atoms. The average molecular weight is 293 g/mol. The van der Waals surface area contributed by atoms with Gasteiger partial charge >= 0.3 is 5.97 Å². The van der Waals surface area contributed by atoms with Crippen molar-refractivity contribution in [3.8, 4) is 11.4 Å². The monoisotopic (exact) mass is 293 g/mol. The van der Waals surface area contributed by atoms with E-state index < -0.39 is 5.97 Å². The fourth-order valence-corrected chi connectivity index (χ4v) is 3.17. The van der Waals surface area contributed by atoms with E-state index >= 15 is 0 Å². The maximum Gasteiger partial charge on any atom is 0.304 e. The van der Waals surface area contributed by atoms with E-state index in [-0.39, 0.29) is 12.5 Å². The number of likely N-dealkylation sites (tertiary alicyclic amines) is 1. The van der Waals surface area contributed by atoms with Gasteiger partial charge in [0.15, 0.2) is 0 Å². The average Bonchev–Trinajstić information content (AvgIpc) is 3.11. The van der Waals surface area contributed by atoms with Crippen LogP contribution in [0.3, 0.4) is 0 Å². The molecule has 0 aliphatic carbocycles. The van der Waals surface area contributed by atoms with Gasteiger partial charge in [0.2, 0.25) is 11.7 Å². The Morgan fingerprint density at radius 2 is 2.50 bits per heavy atom. The van der Waals surface area contributed by atoms with E-state index in [4.69, 9.17) is 9.63 Å². The third-order valence-corrected chi connectivity index (χ3v) is 4.18. The van der Waals surface area contributed by atoms with Crippen molar-refractivity contribution in [3.05, 3.63) is 22.7 Å². The number of aliphatic carboxylic acids is 1. The van der Waals surface area contributed by atoms with Crippen LogP contribution in [0.15, 0.2) is 21.3 Å². The van der Waals surface area contributed by atoms with Gasteiger partial charge in [0.25, 0.3) is 0 Å². The number of hydrogen-bond acceptors (Lipinski definition) is 6. The van der Waals surface area contributed by atoms with Gasteiger partial charge in [-0.2, -0.15) is 16.3 Å². The summed E-state index contributed by atoms with van der Waals surface area (Å²) < 4.78 is 5.26. The fourth-order valence-electron chi connectivity index (χ4n) is 2.54. The summed E-state index contributed by atoms with van der Waals surface area (Å²) in [5, 5.41) is 16.8. The summed E-state index contributed by atoms with van der Waals surface area (Å²) in [5.74, 6) is 0.380. The number of hydrogen-bond donors (Lipinski definition) is 1. The summed E-state index contributed by atoms with van der Waals surface area (Å²) in [6.07, 6.45) is 2.10. The molecular formula is C13H15N3O3S. The summed E-state index contributed by atoms with van der Waals surface area (Å²) in [6, 6.07) is 2.02. The first-order chi connectivity index (χ1) is 9.72. The van der Waals surface area contributed by atoms with Gasteiger partial charge in [-0.3, -0.25) is 9.69 Å². The Kier molecular flexibility index (Phi) is 3.79. The van der Waals surface area contributed by atoms with Crippen LogP contribution in [0, 0.1) is 0 Å². The zero-order valence-corrected chi connectivity index (χ0v) is 11.7. The van der Waals surface area contributed by atoms with Crippen molar-refractivity contribution in [2.75, 3.05) is 6.54 Å². The highest BCUT2D eigenvalue weighted by Crippen LogP contribution is 2.23. The number of rotatable bonds is 5. The van der Waals surface area contributed by atoms with Crippen LogP contribution in [0.5, 0.6) is 0 Å². The highest BCUT2D eigenvalue weighted by molar-refractivity contribution is 7.08. The van der Waals surface area contributed by atoms with Crippen molar-refractivity contribution >= 4 is 17.3 Å². The quantitative estimate of drug-likeness (QED) is 0.910. The molecule has 0 spiro atoms. The Hall–Kier alpha value is -1.73. The predicted octanol–water partition coefficient (Wildman–Crippen LogP) is 2.24. The molecular weight excluding hydrogens is 278 g/mol. The maximum absolute atomic E-state index is 10.8. The molecule has 1 atom stereocenters. The van der Waals surface area contributed by atoms with E-state index in [1.165, 1.54) is 0 Å². The van der Waals surface area contributed by atoms with Crippen molar-refractivity contribution in [3.63, 3.8) is 0 Å². The fraction of sp³-hybridized carbons (Fsp3) is 0.462. The van der Waals surface area contributed by atoms with E-state index in [9.17, 15) is 4.79 Å². The minimum absolute atomic E-state index is 0.0731. The standard InChI is InChI=1S/C13H15N3O3S/c17-12(18)6-10-2-1-4-16(10)7-11-14-13(15-19-11)9-3-5-20-8-9/h3,5,8,10H,1-2,4,6-7H2,(H,17,18). The van der Waals surface area contributed by atoms with E-state index in [0.717, 1.165) is 24.9 Å². The lowest BCUT2D eigenvalue weighted by atomic mass is 10.1. The lowest BCUT2D eigenvalue weighted by Gasteiger charge is -2.20. The molecule has 1 unspecified atom stereocenters. The van der Waals surface area contributed by atoms with Gasteiger partial charge in [-0.15, -0.1) is 0 Å². The molecule has 0 aromatic carbocycles. The number of carbonyl (C=O) groups is 1. The van der Waals surface area contributed by atoms with Crippen LogP contribution in [0.25, 0.3) is 11.4 Å². The molecule has 1 N–H and O–H groups in total. The van der Waals surface area contributed by atoms with Crippen LogP contribution in [-0.4, -0.2) is 38.7 Å². The summed E-state index contributed by atoms with van der Waals surface area (Å²) in [7, 11) is 0. The SMILES string of the molecule is O=C(O)CC1CCCN1Cc1nc(-c2ccsc2)no1. The molecule has 3 rings (SSSR count). The van der Waals surface area contributed by atoms with Gasteiger partial charge in [0, 0.05) is 17.0 Å². The molecule has 2 aromatic heterocycles. The van der Waals surface area contributed by atoms with Crippen molar-refractivity contribution in [2.45, 2.75) is 31.8 Å². The highest BCUT2D eigenvalue weighted by atomic mass is 32.1. The Balaban J connectivity index is 1.67. The first-order valence-electron chi connectivity index (χ1n) is 6.53. The van der Waals surface area contributed by atoms with Gasteiger partial charge in [-0.1, -0.05) is 5.16 Å². The van der Waals surface area contributed by atoms with Crippen molar-refractivity contribution in [1.29, 1.82) is 0 Å². The molecule has 1 fully saturated rings. The second-order valence-corrected chi connectivity index (χ2v) is 5.67. The minimum Gasteiger partial charge on any atom is -0.481 e. The zero-order chi connectivity index (χ0) is 13.9.